The van der Waals surface area contributed by atoms with Gasteiger partial charge in [0.15, 0.2) is 0 Å². The fraction of sp³-hybridized carbons (Fsp3) is 0.462. The Hall–Kier alpha value is -2.17. The summed E-state index contributed by atoms with van der Waals surface area (Å²) in [6.45, 7) is 1.17. The molecule has 1 aliphatic rings. The lowest BCUT2D eigenvalue weighted by molar-refractivity contribution is -0.384. The van der Waals surface area contributed by atoms with E-state index in [1.807, 2.05) is 6.07 Å². The van der Waals surface area contributed by atoms with Crippen LogP contribution in [-0.2, 0) is 4.74 Å². The normalized spacial score (nSPS) is 17.2. The first-order valence-corrected chi connectivity index (χ1v) is 6.27. The van der Waals surface area contributed by atoms with Crippen molar-refractivity contribution in [3.63, 3.8) is 0 Å². The molecule has 1 aromatic rings. The molecule has 106 valence electrons. The molecule has 0 saturated carbocycles. The van der Waals surface area contributed by atoms with Gasteiger partial charge in [0.1, 0.15) is 5.69 Å². The Morgan fingerprint density at radius 3 is 2.80 bits per heavy atom. The number of anilines is 1. The molecule has 1 saturated heterocycles. The van der Waals surface area contributed by atoms with Crippen LogP contribution in [0.15, 0.2) is 18.2 Å². The Morgan fingerprint density at radius 2 is 2.20 bits per heavy atom. The Morgan fingerprint density at radius 1 is 1.50 bits per heavy atom. The van der Waals surface area contributed by atoms with Gasteiger partial charge in [-0.15, -0.1) is 0 Å². The van der Waals surface area contributed by atoms with Crippen LogP contribution in [-0.4, -0.2) is 35.4 Å². The molecule has 1 aromatic carbocycles. The van der Waals surface area contributed by atoms with E-state index in [4.69, 9.17) is 10.00 Å². The summed E-state index contributed by atoms with van der Waals surface area (Å²) in [5.74, 6) is 0. The average molecular weight is 277 g/mol. The maximum Gasteiger partial charge on any atom is 0.293 e. The Balaban J connectivity index is 2.13. The van der Waals surface area contributed by atoms with Crippen LogP contribution in [0.4, 0.5) is 11.4 Å². The second-order valence-electron chi connectivity index (χ2n) is 4.79. The van der Waals surface area contributed by atoms with Crippen molar-refractivity contribution in [1.82, 2.24) is 0 Å². The van der Waals surface area contributed by atoms with Gasteiger partial charge in [0, 0.05) is 38.7 Å². The number of nitrogens with zero attached hydrogens (tertiary/aromatic N) is 2. The van der Waals surface area contributed by atoms with Crippen LogP contribution in [0.5, 0.6) is 0 Å². The Labute approximate surface area is 115 Å². The fourth-order valence-corrected chi connectivity index (χ4v) is 2.09. The number of nitriles is 1. The molecule has 20 heavy (non-hydrogen) atoms. The van der Waals surface area contributed by atoms with E-state index < -0.39 is 10.5 Å². The van der Waals surface area contributed by atoms with Crippen molar-refractivity contribution in [2.75, 3.05) is 25.1 Å². The lowest BCUT2D eigenvalue weighted by Gasteiger charge is -2.32. The molecule has 1 fully saturated rings. The number of ether oxygens (including phenoxy) is 1. The molecule has 0 unspecified atom stereocenters. The molecular weight excluding hydrogens is 262 g/mol. The standard InChI is InChI=1S/C13H15N3O4/c14-8-10-1-2-11(12(7-10)16(18)19)15-9-13(17)3-5-20-6-4-13/h1-2,7,15,17H,3-6,9H2. The molecular formula is C13H15N3O4. The maximum atomic E-state index is 11.0. The molecule has 0 spiro atoms. The van der Waals surface area contributed by atoms with Gasteiger partial charge in [-0.3, -0.25) is 10.1 Å². The highest BCUT2D eigenvalue weighted by Crippen LogP contribution is 2.27. The van der Waals surface area contributed by atoms with Crippen LogP contribution in [0, 0.1) is 21.4 Å². The first-order chi connectivity index (χ1) is 9.54. The van der Waals surface area contributed by atoms with Crippen molar-refractivity contribution in [1.29, 1.82) is 5.26 Å². The topological polar surface area (TPSA) is 108 Å². The van der Waals surface area contributed by atoms with E-state index >= 15 is 0 Å². The molecule has 0 atom stereocenters. The minimum Gasteiger partial charge on any atom is -0.388 e. The zero-order valence-electron chi connectivity index (χ0n) is 10.8. The predicted molar refractivity (Wildman–Crippen MR) is 71.3 cm³/mol. The van der Waals surface area contributed by atoms with Crippen molar-refractivity contribution in [3.05, 3.63) is 33.9 Å². The van der Waals surface area contributed by atoms with Gasteiger partial charge in [-0.25, -0.2) is 0 Å². The highest BCUT2D eigenvalue weighted by Gasteiger charge is 2.30. The minimum absolute atomic E-state index is 0.167. The quantitative estimate of drug-likeness (QED) is 0.636. The van der Waals surface area contributed by atoms with Crippen molar-refractivity contribution >= 4 is 11.4 Å². The summed E-state index contributed by atoms with van der Waals surface area (Å²) >= 11 is 0. The van der Waals surface area contributed by atoms with Gasteiger partial charge >= 0.3 is 0 Å². The van der Waals surface area contributed by atoms with Crippen LogP contribution < -0.4 is 5.32 Å². The fourth-order valence-electron chi connectivity index (χ4n) is 2.09. The van der Waals surface area contributed by atoms with E-state index in [0.717, 1.165) is 0 Å². The number of benzene rings is 1. The van der Waals surface area contributed by atoms with Crippen LogP contribution >= 0.6 is 0 Å². The number of hydrogen-bond acceptors (Lipinski definition) is 6. The molecule has 2 rings (SSSR count). The van der Waals surface area contributed by atoms with Crippen LogP contribution in [0.2, 0.25) is 0 Å². The van der Waals surface area contributed by atoms with Gasteiger partial charge < -0.3 is 15.2 Å². The molecule has 0 aromatic heterocycles. The number of hydrogen-bond donors (Lipinski definition) is 2. The Kier molecular flexibility index (Phi) is 4.17. The monoisotopic (exact) mass is 277 g/mol. The van der Waals surface area contributed by atoms with Gasteiger partial charge in [0.2, 0.25) is 0 Å². The van der Waals surface area contributed by atoms with Crippen LogP contribution in [0.1, 0.15) is 18.4 Å². The molecule has 0 amide bonds. The number of rotatable bonds is 4. The zero-order chi connectivity index (χ0) is 14.6. The lowest BCUT2D eigenvalue weighted by Crippen LogP contribution is -2.42. The summed E-state index contributed by atoms with van der Waals surface area (Å²) < 4.78 is 5.18. The van der Waals surface area contributed by atoms with Gasteiger partial charge in [0.05, 0.1) is 22.2 Å². The number of nitro groups is 1. The zero-order valence-corrected chi connectivity index (χ0v) is 10.8. The summed E-state index contributed by atoms with van der Waals surface area (Å²) in [4.78, 5) is 10.5. The largest absolute Gasteiger partial charge is 0.388 e. The molecule has 7 nitrogen and oxygen atoms in total. The van der Waals surface area contributed by atoms with Crippen LogP contribution in [0.3, 0.4) is 0 Å². The molecule has 1 aliphatic heterocycles. The van der Waals surface area contributed by atoms with E-state index in [1.165, 1.54) is 18.2 Å². The summed E-state index contributed by atoms with van der Waals surface area (Å²) in [7, 11) is 0. The van der Waals surface area contributed by atoms with E-state index in [-0.39, 0.29) is 17.8 Å². The van der Waals surface area contributed by atoms with Crippen molar-refractivity contribution in [2.24, 2.45) is 0 Å². The summed E-state index contributed by atoms with van der Waals surface area (Å²) in [6, 6.07) is 6.07. The third-order valence-electron chi connectivity index (χ3n) is 3.35. The number of aliphatic hydroxyl groups is 1. The smallest absolute Gasteiger partial charge is 0.293 e. The van der Waals surface area contributed by atoms with Gasteiger partial charge in [0.25, 0.3) is 5.69 Å². The molecule has 2 N–H and O–H groups in total. The van der Waals surface area contributed by atoms with Crippen LogP contribution in [0.25, 0.3) is 0 Å². The maximum absolute atomic E-state index is 11.0. The third kappa shape index (κ3) is 3.23. The molecule has 0 aliphatic carbocycles. The van der Waals surface area contributed by atoms with Crippen molar-refractivity contribution in [2.45, 2.75) is 18.4 Å². The van der Waals surface area contributed by atoms with Gasteiger partial charge in [-0.1, -0.05) is 0 Å². The first kappa shape index (κ1) is 14.2. The van der Waals surface area contributed by atoms with Crippen molar-refractivity contribution < 1.29 is 14.8 Å². The van der Waals surface area contributed by atoms with Crippen molar-refractivity contribution in [3.8, 4) is 6.07 Å². The highest BCUT2D eigenvalue weighted by molar-refractivity contribution is 5.64. The van der Waals surface area contributed by atoms with Gasteiger partial charge in [-0.05, 0) is 12.1 Å². The summed E-state index contributed by atoms with van der Waals surface area (Å²) in [5, 5.41) is 33.0. The third-order valence-corrected chi connectivity index (χ3v) is 3.35. The lowest BCUT2D eigenvalue weighted by atomic mass is 9.94. The SMILES string of the molecule is N#Cc1ccc(NCC2(O)CCOCC2)c([N+](=O)[O-])c1. The first-order valence-electron chi connectivity index (χ1n) is 6.27. The number of nitrogens with one attached hydrogen (secondary N) is 1. The average Bonchev–Trinajstić information content (AvgIpc) is 2.45. The molecule has 7 heteroatoms. The second kappa shape index (κ2) is 5.86. The molecule has 1 heterocycles. The minimum atomic E-state index is -0.917. The summed E-state index contributed by atoms with van der Waals surface area (Å²) in [6.07, 6.45) is 0.980. The highest BCUT2D eigenvalue weighted by atomic mass is 16.6. The molecule has 0 radical (unpaired) electrons. The van der Waals surface area contributed by atoms with E-state index in [9.17, 15) is 15.2 Å². The van der Waals surface area contributed by atoms with E-state index in [1.54, 1.807) is 0 Å². The number of nitro benzene ring substituents is 1. The van der Waals surface area contributed by atoms with E-state index in [0.29, 0.717) is 31.7 Å². The molecule has 0 bridgehead atoms. The van der Waals surface area contributed by atoms with Gasteiger partial charge in [-0.2, -0.15) is 5.26 Å². The predicted octanol–water partition coefficient (Wildman–Crippen LogP) is 1.42. The second-order valence-corrected chi connectivity index (χ2v) is 4.79. The van der Waals surface area contributed by atoms with E-state index in [2.05, 4.69) is 5.32 Å². The Bertz CT molecular complexity index is 547. The summed E-state index contributed by atoms with van der Waals surface area (Å²) in [5.41, 5.74) is -0.555.